The van der Waals surface area contributed by atoms with E-state index >= 15 is 0 Å². The molecule has 1 atom stereocenters. The van der Waals surface area contributed by atoms with Gasteiger partial charge in [-0.05, 0) is 36.9 Å². The molecule has 4 rings (SSSR count). The molecule has 30 heavy (non-hydrogen) atoms. The zero-order valence-corrected chi connectivity index (χ0v) is 17.4. The van der Waals surface area contributed by atoms with Crippen LogP contribution in [0.2, 0.25) is 0 Å². The second-order valence-electron chi connectivity index (χ2n) is 7.10. The fraction of sp³-hybridized carbons (Fsp3) is 0.182. The predicted molar refractivity (Wildman–Crippen MR) is 118 cm³/mol. The summed E-state index contributed by atoms with van der Waals surface area (Å²) in [5.74, 6) is -0.635. The summed E-state index contributed by atoms with van der Waals surface area (Å²) in [5.41, 5.74) is 2.00. The van der Waals surface area contributed by atoms with E-state index in [1.54, 1.807) is 24.5 Å². The van der Waals surface area contributed by atoms with Gasteiger partial charge in [0.25, 0.3) is 11.8 Å². The number of carbonyl (C=O) groups is 2. The van der Waals surface area contributed by atoms with Crippen LogP contribution < -0.4 is 10.6 Å². The summed E-state index contributed by atoms with van der Waals surface area (Å²) in [4.78, 5) is 30.7. The molecule has 0 fully saturated rings. The van der Waals surface area contributed by atoms with Gasteiger partial charge in [-0.1, -0.05) is 36.4 Å². The summed E-state index contributed by atoms with van der Waals surface area (Å²) < 4.78 is 1.83. The van der Waals surface area contributed by atoms with Crippen molar-refractivity contribution in [3.05, 3.63) is 76.7 Å². The fourth-order valence-corrected chi connectivity index (χ4v) is 3.78. The van der Waals surface area contributed by atoms with Gasteiger partial charge in [0.15, 0.2) is 5.65 Å². The molecule has 2 amide bonds. The Labute approximate surface area is 177 Å². The molecule has 0 saturated carbocycles. The van der Waals surface area contributed by atoms with Crippen molar-refractivity contribution in [2.75, 3.05) is 5.32 Å². The molecule has 7 nitrogen and oxygen atoms in total. The van der Waals surface area contributed by atoms with Crippen molar-refractivity contribution in [2.45, 2.75) is 25.9 Å². The lowest BCUT2D eigenvalue weighted by atomic mass is 10.1. The SMILES string of the molecule is CC(C)n1ncc2cc(NC(=O)C(NC(=O)c3cccs3)c3ccccc3)cnc21. The van der Waals surface area contributed by atoms with E-state index < -0.39 is 6.04 Å². The summed E-state index contributed by atoms with van der Waals surface area (Å²) in [6.07, 6.45) is 3.33. The van der Waals surface area contributed by atoms with Gasteiger partial charge in [0.2, 0.25) is 0 Å². The van der Waals surface area contributed by atoms with Crippen LogP contribution in [0.1, 0.15) is 41.2 Å². The van der Waals surface area contributed by atoms with Crippen molar-refractivity contribution in [1.29, 1.82) is 0 Å². The highest BCUT2D eigenvalue weighted by Crippen LogP contribution is 2.21. The largest absolute Gasteiger partial charge is 0.336 e. The number of pyridine rings is 1. The van der Waals surface area contributed by atoms with E-state index in [0.29, 0.717) is 16.1 Å². The Morgan fingerprint density at radius 3 is 2.57 bits per heavy atom. The number of nitrogens with zero attached hydrogens (tertiary/aromatic N) is 3. The van der Waals surface area contributed by atoms with Crippen LogP contribution in [0.25, 0.3) is 11.0 Å². The summed E-state index contributed by atoms with van der Waals surface area (Å²) in [7, 11) is 0. The van der Waals surface area contributed by atoms with E-state index in [-0.39, 0.29) is 17.9 Å². The number of amides is 2. The van der Waals surface area contributed by atoms with Crippen LogP contribution in [0.4, 0.5) is 5.69 Å². The lowest BCUT2D eigenvalue weighted by molar-refractivity contribution is -0.118. The molecule has 0 aliphatic rings. The third kappa shape index (κ3) is 4.08. The molecule has 3 heterocycles. The second kappa shape index (κ2) is 8.46. The summed E-state index contributed by atoms with van der Waals surface area (Å²) in [5, 5.41) is 12.7. The monoisotopic (exact) mass is 419 g/mol. The topological polar surface area (TPSA) is 88.9 Å². The normalized spacial score (nSPS) is 12.1. The first-order valence-electron chi connectivity index (χ1n) is 9.56. The highest BCUT2D eigenvalue weighted by molar-refractivity contribution is 7.12. The van der Waals surface area contributed by atoms with Crippen LogP contribution in [0.5, 0.6) is 0 Å². The van der Waals surface area contributed by atoms with E-state index in [1.807, 2.05) is 60.3 Å². The van der Waals surface area contributed by atoms with Gasteiger partial charge in [-0.2, -0.15) is 5.10 Å². The zero-order chi connectivity index (χ0) is 21.1. The first kappa shape index (κ1) is 19.8. The van der Waals surface area contributed by atoms with E-state index in [4.69, 9.17) is 0 Å². The molecular formula is C22H21N5O2S. The van der Waals surface area contributed by atoms with Crippen LogP contribution in [0, 0.1) is 0 Å². The maximum Gasteiger partial charge on any atom is 0.262 e. The molecule has 2 N–H and O–H groups in total. The molecule has 0 saturated heterocycles. The smallest absolute Gasteiger partial charge is 0.262 e. The van der Waals surface area contributed by atoms with Crippen molar-refractivity contribution in [1.82, 2.24) is 20.1 Å². The molecular weight excluding hydrogens is 398 g/mol. The Bertz CT molecular complexity index is 1170. The van der Waals surface area contributed by atoms with Gasteiger partial charge in [0, 0.05) is 11.4 Å². The number of nitrogens with one attached hydrogen (secondary N) is 2. The second-order valence-corrected chi connectivity index (χ2v) is 8.05. The first-order chi connectivity index (χ1) is 14.5. The van der Waals surface area contributed by atoms with Crippen molar-refractivity contribution >= 4 is 39.9 Å². The summed E-state index contributed by atoms with van der Waals surface area (Å²) in [6.45, 7) is 4.06. The molecule has 0 aliphatic heterocycles. The van der Waals surface area contributed by atoms with Gasteiger partial charge < -0.3 is 10.6 Å². The highest BCUT2D eigenvalue weighted by atomic mass is 32.1. The van der Waals surface area contributed by atoms with Crippen LogP contribution in [0.15, 0.2) is 66.3 Å². The Kier molecular flexibility index (Phi) is 5.58. The minimum atomic E-state index is -0.838. The number of thiophene rings is 1. The summed E-state index contributed by atoms with van der Waals surface area (Å²) in [6, 6.07) is 13.9. The van der Waals surface area contributed by atoms with E-state index in [1.165, 1.54) is 11.3 Å². The predicted octanol–water partition coefficient (Wildman–Crippen LogP) is 4.18. The van der Waals surface area contributed by atoms with Gasteiger partial charge in [-0.15, -0.1) is 11.3 Å². The van der Waals surface area contributed by atoms with E-state index in [2.05, 4.69) is 20.7 Å². The Morgan fingerprint density at radius 1 is 1.07 bits per heavy atom. The molecule has 1 aromatic carbocycles. The molecule has 0 aliphatic carbocycles. The number of hydrogen-bond donors (Lipinski definition) is 2. The van der Waals surface area contributed by atoms with Crippen LogP contribution in [-0.4, -0.2) is 26.6 Å². The number of aromatic nitrogens is 3. The fourth-order valence-electron chi connectivity index (χ4n) is 3.16. The van der Waals surface area contributed by atoms with Crippen molar-refractivity contribution < 1.29 is 9.59 Å². The van der Waals surface area contributed by atoms with Crippen LogP contribution >= 0.6 is 11.3 Å². The minimum absolute atomic E-state index is 0.186. The first-order valence-corrected chi connectivity index (χ1v) is 10.4. The molecule has 0 bridgehead atoms. The number of carbonyl (C=O) groups excluding carboxylic acids is 2. The number of benzene rings is 1. The van der Waals surface area contributed by atoms with Crippen molar-refractivity contribution in [2.24, 2.45) is 0 Å². The van der Waals surface area contributed by atoms with Gasteiger partial charge in [-0.3, -0.25) is 9.59 Å². The molecule has 0 spiro atoms. The van der Waals surface area contributed by atoms with E-state index in [9.17, 15) is 9.59 Å². The maximum absolute atomic E-state index is 13.1. The third-order valence-electron chi connectivity index (χ3n) is 4.61. The molecule has 152 valence electrons. The van der Waals surface area contributed by atoms with Gasteiger partial charge >= 0.3 is 0 Å². The molecule has 3 aromatic heterocycles. The average molecular weight is 420 g/mol. The number of anilines is 1. The minimum Gasteiger partial charge on any atom is -0.336 e. The Morgan fingerprint density at radius 2 is 1.87 bits per heavy atom. The Balaban J connectivity index is 1.58. The Hall–Kier alpha value is -3.52. The van der Waals surface area contributed by atoms with Gasteiger partial charge in [0.05, 0.1) is 23.0 Å². The standard InChI is InChI=1S/C22H21N5O2S/c1-14(2)27-20-16(12-24-27)11-17(13-23-20)25-22(29)19(15-7-4-3-5-8-15)26-21(28)18-9-6-10-30-18/h3-14,19H,1-2H3,(H,25,29)(H,26,28). The van der Waals surface area contributed by atoms with Crippen molar-refractivity contribution in [3.8, 4) is 0 Å². The number of fused-ring (bicyclic) bond motifs is 1. The lowest BCUT2D eigenvalue weighted by Crippen LogP contribution is -2.36. The third-order valence-corrected chi connectivity index (χ3v) is 5.47. The quantitative estimate of drug-likeness (QED) is 0.491. The zero-order valence-electron chi connectivity index (χ0n) is 16.6. The van der Waals surface area contributed by atoms with E-state index in [0.717, 1.165) is 11.0 Å². The number of rotatable bonds is 6. The average Bonchev–Trinajstić information content (AvgIpc) is 3.42. The van der Waals surface area contributed by atoms with Gasteiger partial charge in [-0.25, -0.2) is 9.67 Å². The summed E-state index contributed by atoms with van der Waals surface area (Å²) >= 11 is 1.33. The van der Waals surface area contributed by atoms with Crippen molar-refractivity contribution in [3.63, 3.8) is 0 Å². The van der Waals surface area contributed by atoms with Gasteiger partial charge in [0.1, 0.15) is 6.04 Å². The molecule has 1 unspecified atom stereocenters. The van der Waals surface area contributed by atoms with Crippen LogP contribution in [-0.2, 0) is 4.79 Å². The molecule has 8 heteroatoms. The lowest BCUT2D eigenvalue weighted by Gasteiger charge is -2.18. The number of hydrogen-bond acceptors (Lipinski definition) is 5. The molecule has 0 radical (unpaired) electrons. The van der Waals surface area contributed by atoms with Crippen LogP contribution in [0.3, 0.4) is 0 Å². The highest BCUT2D eigenvalue weighted by Gasteiger charge is 2.24. The maximum atomic E-state index is 13.1. The molecule has 4 aromatic rings.